The minimum absolute atomic E-state index is 0.0974. The summed E-state index contributed by atoms with van der Waals surface area (Å²) in [6, 6.07) is 8.10. The molecule has 0 unspecified atom stereocenters. The Labute approximate surface area is 125 Å². The predicted octanol–water partition coefficient (Wildman–Crippen LogP) is 1.91. The highest BCUT2D eigenvalue weighted by Crippen LogP contribution is 2.34. The second kappa shape index (κ2) is 6.10. The van der Waals surface area contributed by atoms with Crippen molar-refractivity contribution in [2.75, 3.05) is 7.05 Å². The van der Waals surface area contributed by atoms with Gasteiger partial charge in [-0.05, 0) is 18.9 Å². The second-order valence-corrected chi connectivity index (χ2v) is 5.33. The number of hydrogen-bond acceptors (Lipinski definition) is 3. The highest BCUT2D eigenvalue weighted by atomic mass is 16.2. The van der Waals surface area contributed by atoms with E-state index >= 15 is 0 Å². The number of nitrogens with two attached hydrogens (primary N) is 1. The number of benzene rings is 1. The largest absolute Gasteiger partial charge is 0.327 e. The topological polar surface area (TPSA) is 66.6 Å². The summed E-state index contributed by atoms with van der Waals surface area (Å²) in [6.45, 7) is 5.52. The van der Waals surface area contributed by atoms with Crippen molar-refractivity contribution in [1.29, 1.82) is 0 Å². The number of carbonyl (C=O) groups is 2. The molecule has 1 aromatic carbocycles. The molecule has 0 aliphatic carbocycles. The molecule has 5 nitrogen and oxygen atoms in total. The maximum Gasteiger partial charge on any atom is 0.327 e. The summed E-state index contributed by atoms with van der Waals surface area (Å²) in [5.74, 6) is -0.357. The minimum Gasteiger partial charge on any atom is -0.322 e. The molecule has 0 bridgehead atoms. The van der Waals surface area contributed by atoms with Crippen LogP contribution in [0, 0.1) is 0 Å². The van der Waals surface area contributed by atoms with E-state index in [1.165, 1.54) is 4.90 Å². The van der Waals surface area contributed by atoms with Crippen LogP contribution in [0.1, 0.15) is 24.9 Å². The van der Waals surface area contributed by atoms with Gasteiger partial charge in [-0.3, -0.25) is 9.69 Å². The third-order valence-corrected chi connectivity index (χ3v) is 3.97. The van der Waals surface area contributed by atoms with Gasteiger partial charge in [0, 0.05) is 7.05 Å². The number of rotatable bonds is 4. The van der Waals surface area contributed by atoms with Crippen LogP contribution in [0.25, 0.3) is 0 Å². The van der Waals surface area contributed by atoms with Gasteiger partial charge in [0.15, 0.2) is 0 Å². The standard InChI is InChI=1S/C16H21N3O2/c1-4-8-13(17)15(20)19-14(11(2)18(3)16(19)21)12-9-6-5-7-10-12/h4-7,9-11,13-14H,1,8,17H2,2-3H3/t11-,13-,14-/m0/s1. The number of imide groups is 1. The molecule has 0 radical (unpaired) electrons. The van der Waals surface area contributed by atoms with Crippen molar-refractivity contribution in [2.45, 2.75) is 31.5 Å². The zero-order valence-corrected chi connectivity index (χ0v) is 12.4. The normalized spacial score (nSPS) is 23.3. The molecule has 1 fully saturated rings. The van der Waals surface area contributed by atoms with Crippen LogP contribution in [0.2, 0.25) is 0 Å². The maximum absolute atomic E-state index is 12.5. The molecule has 5 heteroatoms. The molecule has 1 aliphatic heterocycles. The van der Waals surface area contributed by atoms with Crippen molar-refractivity contribution in [1.82, 2.24) is 9.80 Å². The Kier molecular flexibility index (Phi) is 4.43. The molecule has 0 saturated carbocycles. The van der Waals surface area contributed by atoms with Gasteiger partial charge < -0.3 is 10.6 Å². The molecule has 0 spiro atoms. The molecule has 2 N–H and O–H groups in total. The Balaban J connectivity index is 2.38. The van der Waals surface area contributed by atoms with Crippen molar-refractivity contribution < 1.29 is 9.59 Å². The lowest BCUT2D eigenvalue weighted by molar-refractivity contribution is -0.130. The summed E-state index contributed by atoms with van der Waals surface area (Å²) in [6.07, 6.45) is 1.94. The molecule has 21 heavy (non-hydrogen) atoms. The predicted molar refractivity (Wildman–Crippen MR) is 81.4 cm³/mol. The first-order chi connectivity index (χ1) is 9.99. The first-order valence-corrected chi connectivity index (χ1v) is 7.00. The van der Waals surface area contributed by atoms with Crippen molar-refractivity contribution >= 4 is 11.9 Å². The van der Waals surface area contributed by atoms with Crippen LogP contribution in [0.5, 0.6) is 0 Å². The lowest BCUT2D eigenvalue weighted by atomic mass is 9.99. The van der Waals surface area contributed by atoms with E-state index in [1.54, 1.807) is 18.0 Å². The molecule has 2 rings (SSSR count). The Morgan fingerprint density at radius 3 is 2.62 bits per heavy atom. The molecule has 112 valence electrons. The van der Waals surface area contributed by atoms with E-state index in [0.29, 0.717) is 6.42 Å². The van der Waals surface area contributed by atoms with Crippen LogP contribution in [-0.4, -0.2) is 40.9 Å². The van der Waals surface area contributed by atoms with E-state index in [-0.39, 0.29) is 24.0 Å². The van der Waals surface area contributed by atoms with E-state index in [9.17, 15) is 9.59 Å². The average molecular weight is 287 g/mol. The lowest BCUT2D eigenvalue weighted by Gasteiger charge is -2.26. The zero-order chi connectivity index (χ0) is 15.6. The zero-order valence-electron chi connectivity index (χ0n) is 12.4. The fourth-order valence-corrected chi connectivity index (χ4v) is 2.66. The van der Waals surface area contributed by atoms with Crippen LogP contribution in [0.3, 0.4) is 0 Å². The number of hydrogen-bond donors (Lipinski definition) is 1. The van der Waals surface area contributed by atoms with Crippen molar-refractivity contribution in [3.63, 3.8) is 0 Å². The molecular formula is C16H21N3O2. The highest BCUT2D eigenvalue weighted by molar-refractivity contribution is 5.99. The number of nitrogens with zero attached hydrogens (tertiary/aromatic N) is 2. The van der Waals surface area contributed by atoms with Gasteiger partial charge in [-0.1, -0.05) is 36.4 Å². The van der Waals surface area contributed by atoms with E-state index in [2.05, 4.69) is 6.58 Å². The van der Waals surface area contributed by atoms with Crippen LogP contribution < -0.4 is 5.73 Å². The number of carbonyl (C=O) groups excluding carboxylic acids is 2. The summed E-state index contributed by atoms with van der Waals surface area (Å²) in [5, 5.41) is 0. The lowest BCUT2D eigenvalue weighted by Crippen LogP contribution is -2.46. The molecule has 0 aromatic heterocycles. The number of amides is 3. The van der Waals surface area contributed by atoms with Gasteiger partial charge in [0.25, 0.3) is 0 Å². The second-order valence-electron chi connectivity index (χ2n) is 5.33. The molecule has 1 heterocycles. The van der Waals surface area contributed by atoms with E-state index in [1.807, 2.05) is 37.3 Å². The molecule has 1 aromatic rings. The average Bonchev–Trinajstić information content (AvgIpc) is 2.72. The monoisotopic (exact) mass is 287 g/mol. The highest BCUT2D eigenvalue weighted by Gasteiger charge is 2.46. The van der Waals surface area contributed by atoms with E-state index < -0.39 is 6.04 Å². The van der Waals surface area contributed by atoms with Crippen LogP contribution >= 0.6 is 0 Å². The Morgan fingerprint density at radius 2 is 2.05 bits per heavy atom. The van der Waals surface area contributed by atoms with E-state index in [4.69, 9.17) is 5.73 Å². The van der Waals surface area contributed by atoms with Gasteiger partial charge in [0.1, 0.15) is 0 Å². The third-order valence-electron chi connectivity index (χ3n) is 3.97. The summed E-state index contributed by atoms with van der Waals surface area (Å²) in [4.78, 5) is 27.8. The molecule has 1 saturated heterocycles. The summed E-state index contributed by atoms with van der Waals surface area (Å²) < 4.78 is 0. The van der Waals surface area contributed by atoms with Crippen LogP contribution in [0.15, 0.2) is 43.0 Å². The summed E-state index contributed by atoms with van der Waals surface area (Å²) >= 11 is 0. The summed E-state index contributed by atoms with van der Waals surface area (Å²) in [5.41, 5.74) is 6.80. The number of likely N-dealkylation sites (N-methyl/N-ethyl adjacent to an activating group) is 1. The van der Waals surface area contributed by atoms with Crippen LogP contribution in [0.4, 0.5) is 4.79 Å². The SMILES string of the molecule is C=CC[C@H](N)C(=O)N1C(=O)N(C)[C@@H](C)[C@H]1c1ccccc1. The van der Waals surface area contributed by atoms with Gasteiger partial charge in [-0.2, -0.15) is 0 Å². The maximum atomic E-state index is 12.5. The Bertz CT molecular complexity index is 544. The molecule has 1 aliphatic rings. The molecule has 3 amide bonds. The van der Waals surface area contributed by atoms with Crippen molar-refractivity contribution in [3.05, 3.63) is 48.6 Å². The quantitative estimate of drug-likeness (QED) is 0.860. The van der Waals surface area contributed by atoms with Gasteiger partial charge in [-0.25, -0.2) is 4.79 Å². The fourth-order valence-electron chi connectivity index (χ4n) is 2.66. The summed E-state index contributed by atoms with van der Waals surface area (Å²) in [7, 11) is 1.70. The van der Waals surface area contributed by atoms with Gasteiger partial charge in [0.05, 0.1) is 18.1 Å². The fraction of sp³-hybridized carbons (Fsp3) is 0.375. The van der Waals surface area contributed by atoms with Gasteiger partial charge >= 0.3 is 6.03 Å². The van der Waals surface area contributed by atoms with Gasteiger partial charge in [0.2, 0.25) is 5.91 Å². The first-order valence-electron chi connectivity index (χ1n) is 7.00. The van der Waals surface area contributed by atoms with Crippen molar-refractivity contribution in [2.24, 2.45) is 5.73 Å². The van der Waals surface area contributed by atoms with E-state index in [0.717, 1.165) is 5.56 Å². The van der Waals surface area contributed by atoms with Crippen molar-refractivity contribution in [3.8, 4) is 0 Å². The number of urea groups is 1. The van der Waals surface area contributed by atoms with Gasteiger partial charge in [-0.15, -0.1) is 6.58 Å². The molecule has 3 atom stereocenters. The molecular weight excluding hydrogens is 266 g/mol. The van der Waals surface area contributed by atoms with Crippen LogP contribution in [-0.2, 0) is 4.79 Å². The minimum atomic E-state index is -0.739. The Hall–Kier alpha value is -2.14. The Morgan fingerprint density at radius 1 is 1.43 bits per heavy atom. The third kappa shape index (κ3) is 2.69. The first kappa shape index (κ1) is 15.3. The smallest absolute Gasteiger partial charge is 0.322 e.